The van der Waals surface area contributed by atoms with Gasteiger partial charge < -0.3 is 9.88 Å². The number of thioether (sulfide) groups is 1. The van der Waals surface area contributed by atoms with E-state index in [1.54, 1.807) is 11.8 Å². The van der Waals surface area contributed by atoms with E-state index >= 15 is 0 Å². The summed E-state index contributed by atoms with van der Waals surface area (Å²) in [5.74, 6) is 1.18. The lowest BCUT2D eigenvalue weighted by molar-refractivity contribution is -0.119. The summed E-state index contributed by atoms with van der Waals surface area (Å²) in [5, 5.41) is 4.15. The highest BCUT2D eigenvalue weighted by Gasteiger charge is 2.17. The Morgan fingerprint density at radius 1 is 1.32 bits per heavy atom. The topological polar surface area (TPSA) is 46.9 Å². The lowest BCUT2D eigenvalue weighted by Gasteiger charge is -2.22. The summed E-state index contributed by atoms with van der Waals surface area (Å²) in [6.45, 7) is 9.52. The third kappa shape index (κ3) is 4.77. The molecule has 0 spiro atoms. The van der Waals surface area contributed by atoms with E-state index in [0.717, 1.165) is 30.2 Å². The summed E-state index contributed by atoms with van der Waals surface area (Å²) < 4.78 is 2.25. The molecule has 0 saturated heterocycles. The first-order valence-corrected chi connectivity index (χ1v) is 9.41. The molecule has 22 heavy (non-hydrogen) atoms. The lowest BCUT2D eigenvalue weighted by atomic mass is 9.95. The number of nitrogens with zero attached hydrogens (tertiary/aromatic N) is 2. The Morgan fingerprint density at radius 3 is 2.64 bits per heavy atom. The molecule has 1 amide bonds. The van der Waals surface area contributed by atoms with Crippen molar-refractivity contribution >= 4 is 17.7 Å². The highest BCUT2D eigenvalue weighted by molar-refractivity contribution is 7.99. The van der Waals surface area contributed by atoms with Crippen LogP contribution in [0.15, 0.2) is 5.16 Å². The Kier molecular flexibility index (Phi) is 6.36. The minimum atomic E-state index is 0.145. The standard InChI is InChI=1S/C17H29N3OS/c1-12(2)10-20-14(4)13(3)18-17(20)22-11-16(21)19-15-8-6-5-7-9-15/h12,15H,5-11H2,1-4H3,(H,19,21). The number of hydrogen-bond acceptors (Lipinski definition) is 3. The molecule has 1 saturated carbocycles. The fraction of sp³-hybridized carbons (Fsp3) is 0.765. The van der Waals surface area contributed by atoms with Crippen LogP contribution in [0.1, 0.15) is 57.3 Å². The molecule has 1 fully saturated rings. The fourth-order valence-electron chi connectivity index (χ4n) is 2.96. The zero-order chi connectivity index (χ0) is 16.1. The first-order valence-electron chi connectivity index (χ1n) is 8.43. The van der Waals surface area contributed by atoms with Crippen LogP contribution in [0.4, 0.5) is 0 Å². The van der Waals surface area contributed by atoms with E-state index in [1.807, 2.05) is 6.92 Å². The van der Waals surface area contributed by atoms with Crippen LogP contribution in [-0.4, -0.2) is 27.3 Å². The number of nitrogens with one attached hydrogen (secondary N) is 1. The average Bonchev–Trinajstić information content (AvgIpc) is 2.73. The van der Waals surface area contributed by atoms with Crippen molar-refractivity contribution in [2.75, 3.05) is 5.75 Å². The summed E-state index contributed by atoms with van der Waals surface area (Å²) in [7, 11) is 0. The monoisotopic (exact) mass is 323 g/mol. The highest BCUT2D eigenvalue weighted by Crippen LogP contribution is 2.23. The van der Waals surface area contributed by atoms with Gasteiger partial charge in [0.05, 0.1) is 11.4 Å². The maximum Gasteiger partial charge on any atom is 0.230 e. The number of aromatic nitrogens is 2. The van der Waals surface area contributed by atoms with Gasteiger partial charge in [0.1, 0.15) is 0 Å². The van der Waals surface area contributed by atoms with Crippen molar-refractivity contribution in [3.8, 4) is 0 Å². The summed E-state index contributed by atoms with van der Waals surface area (Å²) in [4.78, 5) is 16.8. The van der Waals surface area contributed by atoms with Crippen LogP contribution in [0.5, 0.6) is 0 Å². The van der Waals surface area contributed by atoms with Gasteiger partial charge in [-0.15, -0.1) is 0 Å². The summed E-state index contributed by atoms with van der Waals surface area (Å²) in [6.07, 6.45) is 6.07. The summed E-state index contributed by atoms with van der Waals surface area (Å²) in [5.41, 5.74) is 2.28. The Balaban J connectivity index is 1.90. The minimum Gasteiger partial charge on any atom is -0.353 e. The number of carbonyl (C=O) groups is 1. The minimum absolute atomic E-state index is 0.145. The van der Waals surface area contributed by atoms with E-state index in [1.165, 1.54) is 25.0 Å². The molecule has 1 N–H and O–H groups in total. The first kappa shape index (κ1) is 17.4. The molecule has 124 valence electrons. The van der Waals surface area contributed by atoms with E-state index < -0.39 is 0 Å². The largest absolute Gasteiger partial charge is 0.353 e. The molecular formula is C17H29N3OS. The Labute approximate surface area is 138 Å². The molecular weight excluding hydrogens is 294 g/mol. The number of imidazole rings is 1. The van der Waals surface area contributed by atoms with Crippen molar-refractivity contribution in [1.29, 1.82) is 0 Å². The zero-order valence-corrected chi connectivity index (χ0v) is 15.1. The maximum atomic E-state index is 12.1. The Morgan fingerprint density at radius 2 is 2.00 bits per heavy atom. The molecule has 1 aliphatic rings. The molecule has 1 aliphatic carbocycles. The van der Waals surface area contributed by atoms with Gasteiger partial charge in [-0.2, -0.15) is 0 Å². The molecule has 0 aromatic carbocycles. The van der Waals surface area contributed by atoms with Crippen LogP contribution in [0.3, 0.4) is 0 Å². The van der Waals surface area contributed by atoms with Gasteiger partial charge in [0.15, 0.2) is 5.16 Å². The van der Waals surface area contributed by atoms with Crippen LogP contribution >= 0.6 is 11.8 Å². The number of carbonyl (C=O) groups excluding carboxylic acids is 1. The smallest absolute Gasteiger partial charge is 0.230 e. The maximum absolute atomic E-state index is 12.1. The fourth-order valence-corrected chi connectivity index (χ4v) is 3.87. The second-order valence-electron chi connectivity index (χ2n) is 6.76. The Bertz CT molecular complexity index is 504. The van der Waals surface area contributed by atoms with E-state index in [0.29, 0.717) is 17.7 Å². The lowest BCUT2D eigenvalue weighted by Crippen LogP contribution is -2.37. The number of rotatable bonds is 6. The van der Waals surface area contributed by atoms with Gasteiger partial charge in [-0.1, -0.05) is 44.9 Å². The predicted octanol–water partition coefficient (Wildman–Crippen LogP) is 3.70. The van der Waals surface area contributed by atoms with Gasteiger partial charge >= 0.3 is 0 Å². The molecule has 0 atom stereocenters. The van der Waals surface area contributed by atoms with E-state index in [-0.39, 0.29) is 5.91 Å². The van der Waals surface area contributed by atoms with Crippen molar-refractivity contribution in [2.45, 2.75) is 77.5 Å². The van der Waals surface area contributed by atoms with Gasteiger partial charge in [0.25, 0.3) is 0 Å². The molecule has 5 heteroatoms. The number of aryl methyl sites for hydroxylation is 1. The van der Waals surface area contributed by atoms with Gasteiger partial charge in [-0.05, 0) is 32.6 Å². The molecule has 0 unspecified atom stereocenters. The molecule has 2 rings (SSSR count). The predicted molar refractivity (Wildman–Crippen MR) is 92.3 cm³/mol. The van der Waals surface area contributed by atoms with E-state index in [9.17, 15) is 4.79 Å². The third-order valence-corrected chi connectivity index (χ3v) is 5.25. The molecule has 4 nitrogen and oxygen atoms in total. The molecule has 0 bridgehead atoms. The SMILES string of the molecule is Cc1nc(SCC(=O)NC2CCCCC2)n(CC(C)C)c1C. The Hall–Kier alpha value is -0.970. The molecule has 1 aromatic heterocycles. The van der Waals surface area contributed by atoms with Crippen LogP contribution in [-0.2, 0) is 11.3 Å². The van der Waals surface area contributed by atoms with Crippen LogP contribution in [0, 0.1) is 19.8 Å². The number of amides is 1. The van der Waals surface area contributed by atoms with E-state index in [2.05, 4.69) is 35.6 Å². The van der Waals surface area contributed by atoms with Gasteiger partial charge in [0, 0.05) is 18.3 Å². The second kappa shape index (κ2) is 8.04. The van der Waals surface area contributed by atoms with Crippen molar-refractivity contribution in [2.24, 2.45) is 5.92 Å². The van der Waals surface area contributed by atoms with Gasteiger partial charge in [0.2, 0.25) is 5.91 Å². The first-order chi connectivity index (χ1) is 10.5. The zero-order valence-electron chi connectivity index (χ0n) is 14.3. The van der Waals surface area contributed by atoms with Crippen molar-refractivity contribution < 1.29 is 4.79 Å². The van der Waals surface area contributed by atoms with E-state index in [4.69, 9.17) is 0 Å². The molecule has 0 radical (unpaired) electrons. The van der Waals surface area contributed by atoms with Crippen molar-refractivity contribution in [3.63, 3.8) is 0 Å². The summed E-state index contributed by atoms with van der Waals surface area (Å²) in [6, 6.07) is 0.390. The van der Waals surface area contributed by atoms with Crippen molar-refractivity contribution in [3.05, 3.63) is 11.4 Å². The van der Waals surface area contributed by atoms with Crippen LogP contribution in [0.2, 0.25) is 0 Å². The van der Waals surface area contributed by atoms with Gasteiger partial charge in [-0.25, -0.2) is 4.98 Å². The van der Waals surface area contributed by atoms with Crippen molar-refractivity contribution in [1.82, 2.24) is 14.9 Å². The highest BCUT2D eigenvalue weighted by atomic mass is 32.2. The quantitative estimate of drug-likeness (QED) is 0.812. The number of hydrogen-bond donors (Lipinski definition) is 1. The molecule has 0 aliphatic heterocycles. The summed E-state index contributed by atoms with van der Waals surface area (Å²) >= 11 is 1.56. The van der Waals surface area contributed by atoms with Gasteiger partial charge in [-0.3, -0.25) is 4.79 Å². The molecule has 1 heterocycles. The van der Waals surface area contributed by atoms with Crippen LogP contribution in [0.25, 0.3) is 0 Å². The van der Waals surface area contributed by atoms with Crippen LogP contribution < -0.4 is 5.32 Å². The second-order valence-corrected chi connectivity index (χ2v) is 7.70. The third-order valence-electron chi connectivity index (χ3n) is 4.27. The average molecular weight is 324 g/mol. The normalized spacial score (nSPS) is 16.2. The molecule has 1 aromatic rings.